The van der Waals surface area contributed by atoms with E-state index in [9.17, 15) is 9.90 Å². The number of rotatable bonds is 9. The Bertz CT molecular complexity index is 629. The maximum atomic E-state index is 11.0. The summed E-state index contributed by atoms with van der Waals surface area (Å²) >= 11 is 3.00. The molecule has 1 atom stereocenters. The van der Waals surface area contributed by atoms with Gasteiger partial charge in [-0.3, -0.25) is 0 Å². The number of hydrogen-bond donors (Lipinski definition) is 1. The molecular formula is C16H20N2O3S2. The number of hydrogen-bond acceptors (Lipinski definition) is 7. The highest BCUT2D eigenvalue weighted by Crippen LogP contribution is 2.22. The van der Waals surface area contributed by atoms with Gasteiger partial charge in [-0.15, -0.1) is 10.2 Å². The van der Waals surface area contributed by atoms with Gasteiger partial charge in [0.25, 0.3) is 0 Å². The van der Waals surface area contributed by atoms with Crippen molar-refractivity contribution in [3.05, 3.63) is 34.8 Å². The Balaban J connectivity index is 1.71. The third-order valence-electron chi connectivity index (χ3n) is 3.04. The number of aliphatic hydroxyl groups excluding tert-OH is 1. The van der Waals surface area contributed by atoms with E-state index >= 15 is 0 Å². The molecule has 0 amide bonds. The minimum atomic E-state index is -0.568. The van der Waals surface area contributed by atoms with Gasteiger partial charge in [0, 0.05) is 12.2 Å². The monoisotopic (exact) mass is 352 g/mol. The van der Waals surface area contributed by atoms with Crippen molar-refractivity contribution in [1.29, 1.82) is 0 Å². The van der Waals surface area contributed by atoms with Crippen LogP contribution in [0, 0.1) is 6.92 Å². The van der Waals surface area contributed by atoms with E-state index in [-0.39, 0.29) is 12.4 Å². The number of Topliss-reactive ketones (excluding diaryl/α,β-unsaturated/α-hetero) is 1. The van der Waals surface area contributed by atoms with Gasteiger partial charge in [0.15, 0.2) is 4.34 Å². The number of ether oxygens (including phenoxy) is 1. The van der Waals surface area contributed by atoms with Crippen molar-refractivity contribution in [3.8, 4) is 5.75 Å². The number of ketones is 1. The van der Waals surface area contributed by atoms with Crippen LogP contribution in [0.3, 0.4) is 0 Å². The second kappa shape index (κ2) is 9.00. The van der Waals surface area contributed by atoms with Crippen LogP contribution in [0.5, 0.6) is 5.75 Å². The summed E-state index contributed by atoms with van der Waals surface area (Å²) in [5.41, 5.74) is 1.11. The van der Waals surface area contributed by atoms with Gasteiger partial charge in [0.05, 0.1) is 6.10 Å². The number of benzene rings is 1. The van der Waals surface area contributed by atoms with Gasteiger partial charge in [0.1, 0.15) is 23.1 Å². The lowest BCUT2D eigenvalue weighted by Crippen LogP contribution is -2.20. The topological polar surface area (TPSA) is 72.3 Å². The minimum Gasteiger partial charge on any atom is -0.491 e. The summed E-state index contributed by atoms with van der Waals surface area (Å²) in [6.07, 6.45) is 0.735. The highest BCUT2D eigenvalue weighted by Gasteiger charge is 2.09. The zero-order chi connectivity index (χ0) is 16.7. The molecule has 0 saturated heterocycles. The van der Waals surface area contributed by atoms with Crippen molar-refractivity contribution in [3.63, 3.8) is 0 Å². The second-order valence-electron chi connectivity index (χ2n) is 5.21. The SMILES string of the molecule is CC(=O)CCc1ccc(OCC(O)CSc2nnc(C)s2)cc1. The Morgan fingerprint density at radius 3 is 2.70 bits per heavy atom. The van der Waals surface area contributed by atoms with Crippen LogP contribution in [0.15, 0.2) is 28.6 Å². The molecule has 0 aliphatic rings. The summed E-state index contributed by atoms with van der Waals surface area (Å²) in [6.45, 7) is 3.74. The van der Waals surface area contributed by atoms with Crippen LogP contribution in [0.4, 0.5) is 0 Å². The van der Waals surface area contributed by atoms with Crippen molar-refractivity contribution in [2.45, 2.75) is 37.1 Å². The molecule has 1 N–H and O–H groups in total. The molecule has 1 aromatic heterocycles. The first-order chi connectivity index (χ1) is 11.0. The predicted molar refractivity (Wildman–Crippen MR) is 92.3 cm³/mol. The van der Waals surface area contributed by atoms with Crippen LogP contribution in [-0.2, 0) is 11.2 Å². The van der Waals surface area contributed by atoms with E-state index in [0.29, 0.717) is 17.9 Å². The van der Waals surface area contributed by atoms with Gasteiger partial charge in [-0.2, -0.15) is 0 Å². The molecule has 2 aromatic rings. The average Bonchev–Trinajstić information content (AvgIpc) is 2.95. The molecule has 23 heavy (non-hydrogen) atoms. The maximum Gasteiger partial charge on any atom is 0.174 e. The molecule has 2 rings (SSSR count). The Morgan fingerprint density at radius 1 is 1.35 bits per heavy atom. The Kier molecular flexibility index (Phi) is 7.01. The van der Waals surface area contributed by atoms with Crippen LogP contribution < -0.4 is 4.74 Å². The lowest BCUT2D eigenvalue weighted by molar-refractivity contribution is -0.116. The second-order valence-corrected chi connectivity index (χ2v) is 7.66. The van der Waals surface area contributed by atoms with E-state index in [0.717, 1.165) is 21.3 Å². The molecule has 1 aromatic carbocycles. The number of aryl methyl sites for hydroxylation is 2. The van der Waals surface area contributed by atoms with Crippen molar-refractivity contribution >= 4 is 28.9 Å². The normalized spacial score (nSPS) is 12.1. The van der Waals surface area contributed by atoms with Gasteiger partial charge < -0.3 is 14.6 Å². The van der Waals surface area contributed by atoms with Crippen molar-refractivity contribution in [2.75, 3.05) is 12.4 Å². The zero-order valence-electron chi connectivity index (χ0n) is 13.2. The van der Waals surface area contributed by atoms with Gasteiger partial charge in [-0.05, 0) is 38.0 Å². The molecule has 124 valence electrons. The third-order valence-corrected chi connectivity index (χ3v) is 5.16. The fourth-order valence-electron chi connectivity index (χ4n) is 1.82. The van der Waals surface area contributed by atoms with Gasteiger partial charge in [-0.25, -0.2) is 0 Å². The predicted octanol–water partition coefficient (Wildman–Crippen LogP) is 2.90. The minimum absolute atomic E-state index is 0.191. The summed E-state index contributed by atoms with van der Waals surface area (Å²) in [6, 6.07) is 7.62. The summed E-state index contributed by atoms with van der Waals surface area (Å²) < 4.78 is 6.44. The fraction of sp³-hybridized carbons (Fsp3) is 0.438. The van der Waals surface area contributed by atoms with Crippen LogP contribution in [0.25, 0.3) is 0 Å². The average molecular weight is 352 g/mol. The number of aromatic nitrogens is 2. The van der Waals surface area contributed by atoms with Crippen molar-refractivity contribution in [1.82, 2.24) is 10.2 Å². The lowest BCUT2D eigenvalue weighted by atomic mass is 10.1. The van der Waals surface area contributed by atoms with E-state index in [1.807, 2.05) is 31.2 Å². The number of thioether (sulfide) groups is 1. The summed E-state index contributed by atoms with van der Waals surface area (Å²) in [5.74, 6) is 1.43. The van der Waals surface area contributed by atoms with Crippen LogP contribution in [0.1, 0.15) is 23.9 Å². The largest absolute Gasteiger partial charge is 0.491 e. The van der Waals surface area contributed by atoms with Crippen molar-refractivity contribution in [2.24, 2.45) is 0 Å². The smallest absolute Gasteiger partial charge is 0.174 e. The molecule has 5 nitrogen and oxygen atoms in total. The molecule has 0 radical (unpaired) electrons. The van der Waals surface area contributed by atoms with E-state index in [1.165, 1.54) is 23.1 Å². The quantitative estimate of drug-likeness (QED) is 0.700. The van der Waals surface area contributed by atoms with Gasteiger partial charge >= 0.3 is 0 Å². The molecule has 0 fully saturated rings. The molecule has 0 aliphatic carbocycles. The molecule has 1 heterocycles. The highest BCUT2D eigenvalue weighted by atomic mass is 32.2. The number of carbonyl (C=O) groups excluding carboxylic acids is 1. The van der Waals surface area contributed by atoms with E-state index < -0.39 is 6.10 Å². The zero-order valence-corrected chi connectivity index (χ0v) is 14.8. The van der Waals surface area contributed by atoms with Crippen molar-refractivity contribution < 1.29 is 14.6 Å². The summed E-state index contributed by atoms with van der Waals surface area (Å²) in [7, 11) is 0. The third kappa shape index (κ3) is 6.68. The molecule has 0 bridgehead atoms. The highest BCUT2D eigenvalue weighted by molar-refractivity contribution is 8.01. The van der Waals surface area contributed by atoms with Crippen LogP contribution in [-0.4, -0.2) is 39.6 Å². The summed E-state index contributed by atoms with van der Waals surface area (Å²) in [4.78, 5) is 11.0. The molecule has 0 saturated carbocycles. The first-order valence-corrected chi connectivity index (χ1v) is 9.15. The first-order valence-electron chi connectivity index (χ1n) is 7.35. The molecule has 0 spiro atoms. The van der Waals surface area contributed by atoms with Gasteiger partial charge in [-0.1, -0.05) is 35.2 Å². The molecule has 0 aliphatic heterocycles. The van der Waals surface area contributed by atoms with Crippen LogP contribution >= 0.6 is 23.1 Å². The first kappa shape index (κ1) is 17.9. The maximum absolute atomic E-state index is 11.0. The molecule has 1 unspecified atom stereocenters. The Morgan fingerprint density at radius 2 is 2.09 bits per heavy atom. The standard InChI is InChI=1S/C16H20N2O3S2/c1-11(19)3-4-13-5-7-15(8-6-13)21-9-14(20)10-22-16-18-17-12(2)23-16/h5-8,14,20H,3-4,9-10H2,1-2H3. The number of carbonyl (C=O) groups is 1. The van der Waals surface area contributed by atoms with Gasteiger partial charge in [0.2, 0.25) is 0 Å². The number of aliphatic hydroxyl groups is 1. The lowest BCUT2D eigenvalue weighted by Gasteiger charge is -2.11. The van der Waals surface area contributed by atoms with Crippen LogP contribution in [0.2, 0.25) is 0 Å². The number of nitrogens with zero attached hydrogens (tertiary/aromatic N) is 2. The van der Waals surface area contributed by atoms with E-state index in [4.69, 9.17) is 4.74 Å². The molecule has 7 heteroatoms. The van der Waals surface area contributed by atoms with E-state index in [2.05, 4.69) is 10.2 Å². The Labute approximate surface area is 144 Å². The van der Waals surface area contributed by atoms with E-state index in [1.54, 1.807) is 6.92 Å². The summed E-state index contributed by atoms with van der Waals surface area (Å²) in [5, 5.41) is 18.8. The Hall–Kier alpha value is -1.44. The molecular weight excluding hydrogens is 332 g/mol. The fourth-order valence-corrected chi connectivity index (χ4v) is 3.56.